The fraction of sp³-hybridized carbons (Fsp3) is 0.875. The summed E-state index contributed by atoms with van der Waals surface area (Å²) in [6.45, 7) is 0.0888. The van der Waals surface area contributed by atoms with Gasteiger partial charge >= 0.3 is 6.16 Å². The summed E-state index contributed by atoms with van der Waals surface area (Å²) < 4.78 is 9.55. The fourth-order valence-corrected chi connectivity index (χ4v) is 1.52. The number of aliphatic hydroxyl groups is 3. The highest BCUT2D eigenvalue weighted by Crippen LogP contribution is 2.44. The summed E-state index contributed by atoms with van der Waals surface area (Å²) in [6, 6.07) is 0. The van der Waals surface area contributed by atoms with E-state index in [0.717, 1.165) is 0 Å². The van der Waals surface area contributed by atoms with Gasteiger partial charge in [0.15, 0.2) is 0 Å². The van der Waals surface area contributed by atoms with E-state index >= 15 is 0 Å². The first-order chi connectivity index (χ1) is 6.59. The van der Waals surface area contributed by atoms with E-state index in [9.17, 15) is 4.79 Å². The average Bonchev–Trinajstić information content (AvgIpc) is 2.17. The molecule has 1 aliphatic rings. The Labute approximate surface area is 81.1 Å². The first kappa shape index (κ1) is 11.2. The van der Waals surface area contributed by atoms with E-state index in [2.05, 4.69) is 0 Å². The maximum atomic E-state index is 10.6. The smallest absolute Gasteiger partial charge is 0.395 e. The number of ether oxygens (including phenoxy) is 2. The van der Waals surface area contributed by atoms with Crippen LogP contribution in [0.5, 0.6) is 0 Å². The van der Waals surface area contributed by atoms with Crippen molar-refractivity contribution in [3.63, 3.8) is 0 Å². The number of carbonyl (C=O) groups excluding carboxylic acids is 1. The largest absolute Gasteiger partial charge is 0.514 e. The van der Waals surface area contributed by atoms with Crippen molar-refractivity contribution in [2.75, 3.05) is 19.8 Å². The summed E-state index contributed by atoms with van der Waals surface area (Å²) in [5.41, 5.74) is -1.35. The number of rotatable bonds is 5. The minimum atomic E-state index is -1.40. The van der Waals surface area contributed by atoms with Gasteiger partial charge in [-0.3, -0.25) is 0 Å². The zero-order valence-corrected chi connectivity index (χ0v) is 7.89. The molecule has 0 aromatic rings. The molecule has 0 atom stereocenters. The van der Waals surface area contributed by atoms with Crippen LogP contribution < -0.4 is 0 Å². The predicted molar refractivity (Wildman–Crippen MR) is 44.3 cm³/mol. The molecule has 0 amide bonds. The molecule has 1 aliphatic heterocycles. The van der Waals surface area contributed by atoms with Gasteiger partial charge in [-0.15, -0.1) is 0 Å². The highest BCUT2D eigenvalue weighted by Gasteiger charge is 2.62. The van der Waals surface area contributed by atoms with Crippen LogP contribution in [0.15, 0.2) is 0 Å². The van der Waals surface area contributed by atoms with Crippen LogP contribution in [0.1, 0.15) is 13.3 Å². The van der Waals surface area contributed by atoms with E-state index in [-0.39, 0.29) is 6.42 Å². The van der Waals surface area contributed by atoms with Crippen molar-refractivity contribution in [1.82, 2.24) is 0 Å². The van der Waals surface area contributed by atoms with Crippen molar-refractivity contribution in [2.45, 2.75) is 19.1 Å². The summed E-state index contributed by atoms with van der Waals surface area (Å²) in [5.74, 6) is -1.40. The SMILES string of the molecule is CCC1(C(CO)(CO)CO)OC(=O)O1. The van der Waals surface area contributed by atoms with Crippen LogP contribution >= 0.6 is 0 Å². The Morgan fingerprint density at radius 3 is 1.86 bits per heavy atom. The lowest BCUT2D eigenvalue weighted by molar-refractivity contribution is -0.346. The quantitative estimate of drug-likeness (QED) is 0.511. The fourth-order valence-electron chi connectivity index (χ4n) is 1.52. The molecule has 82 valence electrons. The molecule has 0 saturated carbocycles. The van der Waals surface area contributed by atoms with Gasteiger partial charge in [0, 0.05) is 6.42 Å². The predicted octanol–water partition coefficient (Wildman–Crippen LogP) is -0.777. The second-order valence-electron chi connectivity index (χ2n) is 3.32. The van der Waals surface area contributed by atoms with E-state index in [1.807, 2.05) is 0 Å². The Hall–Kier alpha value is -0.850. The van der Waals surface area contributed by atoms with Gasteiger partial charge in [-0.1, -0.05) is 6.92 Å². The minimum absolute atomic E-state index is 0.250. The molecule has 1 fully saturated rings. The minimum Gasteiger partial charge on any atom is -0.395 e. The van der Waals surface area contributed by atoms with Gasteiger partial charge in [-0.2, -0.15) is 0 Å². The lowest BCUT2D eigenvalue weighted by Gasteiger charge is -2.49. The van der Waals surface area contributed by atoms with Gasteiger partial charge in [0.05, 0.1) is 19.8 Å². The maximum Gasteiger partial charge on any atom is 0.514 e. The normalized spacial score (nSPS) is 19.6. The molecule has 0 aromatic heterocycles. The van der Waals surface area contributed by atoms with Gasteiger partial charge in [0.25, 0.3) is 5.79 Å². The third-order valence-corrected chi connectivity index (χ3v) is 2.68. The molecule has 0 aliphatic carbocycles. The molecular weight excluding hydrogens is 192 g/mol. The van der Waals surface area contributed by atoms with Crippen LogP contribution in [0.3, 0.4) is 0 Å². The van der Waals surface area contributed by atoms with Crippen molar-refractivity contribution in [1.29, 1.82) is 0 Å². The van der Waals surface area contributed by atoms with Crippen molar-refractivity contribution >= 4 is 6.16 Å². The van der Waals surface area contributed by atoms with Crippen LogP contribution in [0.4, 0.5) is 4.79 Å². The summed E-state index contributed by atoms with van der Waals surface area (Å²) in [6.07, 6.45) is -0.605. The molecule has 1 rings (SSSR count). The molecule has 6 nitrogen and oxygen atoms in total. The van der Waals surface area contributed by atoms with E-state index in [1.165, 1.54) is 0 Å². The van der Waals surface area contributed by atoms with E-state index in [0.29, 0.717) is 0 Å². The molecular formula is C8H14O6. The molecule has 0 radical (unpaired) electrons. The molecule has 6 heteroatoms. The molecule has 1 heterocycles. The summed E-state index contributed by atoms with van der Waals surface area (Å²) in [5, 5.41) is 27.3. The average molecular weight is 206 g/mol. The van der Waals surface area contributed by atoms with E-state index < -0.39 is 37.2 Å². The van der Waals surface area contributed by atoms with Crippen LogP contribution in [0.25, 0.3) is 0 Å². The number of carbonyl (C=O) groups is 1. The zero-order valence-electron chi connectivity index (χ0n) is 7.89. The zero-order chi connectivity index (χ0) is 10.8. The maximum absolute atomic E-state index is 10.6. The van der Waals surface area contributed by atoms with Crippen LogP contribution in [-0.4, -0.2) is 47.1 Å². The molecule has 0 unspecified atom stereocenters. The Morgan fingerprint density at radius 1 is 1.21 bits per heavy atom. The second-order valence-corrected chi connectivity index (χ2v) is 3.32. The van der Waals surface area contributed by atoms with Crippen molar-refractivity contribution < 1.29 is 29.6 Å². The Bertz CT molecular complexity index is 206. The third kappa shape index (κ3) is 1.26. The van der Waals surface area contributed by atoms with Gasteiger partial charge in [0.1, 0.15) is 5.41 Å². The van der Waals surface area contributed by atoms with E-state index in [4.69, 9.17) is 24.8 Å². The summed E-state index contributed by atoms with van der Waals surface area (Å²) in [7, 11) is 0. The Kier molecular flexibility index (Phi) is 2.98. The molecule has 0 spiro atoms. The highest BCUT2D eigenvalue weighted by atomic mass is 16.9. The van der Waals surface area contributed by atoms with Gasteiger partial charge < -0.3 is 24.8 Å². The number of cyclic esters (lactones) is 2. The Balaban J connectivity index is 2.90. The van der Waals surface area contributed by atoms with E-state index in [1.54, 1.807) is 6.92 Å². The van der Waals surface area contributed by atoms with Crippen molar-refractivity contribution in [2.24, 2.45) is 5.41 Å². The molecule has 0 bridgehead atoms. The topological polar surface area (TPSA) is 96.2 Å². The van der Waals surface area contributed by atoms with Crippen molar-refractivity contribution in [3.8, 4) is 0 Å². The van der Waals surface area contributed by atoms with Crippen LogP contribution in [0.2, 0.25) is 0 Å². The lowest BCUT2D eigenvalue weighted by atomic mass is 9.78. The van der Waals surface area contributed by atoms with Crippen LogP contribution in [0, 0.1) is 5.41 Å². The van der Waals surface area contributed by atoms with Crippen molar-refractivity contribution in [3.05, 3.63) is 0 Å². The Morgan fingerprint density at radius 2 is 1.64 bits per heavy atom. The first-order valence-electron chi connectivity index (χ1n) is 4.34. The second kappa shape index (κ2) is 3.72. The molecule has 0 aromatic carbocycles. The lowest BCUT2D eigenvalue weighted by Crippen LogP contribution is -2.65. The molecule has 14 heavy (non-hydrogen) atoms. The number of aliphatic hydroxyl groups excluding tert-OH is 3. The highest BCUT2D eigenvalue weighted by molar-refractivity contribution is 5.66. The van der Waals surface area contributed by atoms with Crippen LogP contribution in [-0.2, 0) is 9.47 Å². The standard InChI is InChI=1S/C8H14O6/c1-2-8(13-6(12)14-8)7(3-9,4-10)5-11/h9-11H,2-5H2,1H3. The first-order valence-corrected chi connectivity index (χ1v) is 4.34. The molecule has 3 N–H and O–H groups in total. The van der Waals surface area contributed by atoms with Gasteiger partial charge in [-0.25, -0.2) is 4.79 Å². The van der Waals surface area contributed by atoms with Gasteiger partial charge in [0.2, 0.25) is 0 Å². The monoisotopic (exact) mass is 206 g/mol. The number of hydrogen-bond acceptors (Lipinski definition) is 6. The van der Waals surface area contributed by atoms with Gasteiger partial charge in [-0.05, 0) is 0 Å². The summed E-state index contributed by atoms with van der Waals surface area (Å²) in [4.78, 5) is 10.6. The molecule has 1 saturated heterocycles. The third-order valence-electron chi connectivity index (χ3n) is 2.68. The number of hydrogen-bond donors (Lipinski definition) is 3. The summed E-state index contributed by atoms with van der Waals surface area (Å²) >= 11 is 0.